The smallest absolute Gasteiger partial charge is 0.230 e. The summed E-state index contributed by atoms with van der Waals surface area (Å²) in [5, 5.41) is 10.3. The van der Waals surface area contributed by atoms with E-state index >= 15 is 0 Å². The van der Waals surface area contributed by atoms with Crippen molar-refractivity contribution in [1.82, 2.24) is 14.8 Å². The highest BCUT2D eigenvalue weighted by Crippen LogP contribution is 2.29. The fourth-order valence-electron chi connectivity index (χ4n) is 2.39. The molecule has 1 aliphatic heterocycles. The lowest BCUT2D eigenvalue weighted by Crippen LogP contribution is -2.23. The average molecular weight is 272 g/mol. The first-order chi connectivity index (χ1) is 9.74. The van der Waals surface area contributed by atoms with Gasteiger partial charge in [0.05, 0.1) is 19.1 Å². The Labute approximate surface area is 116 Å². The summed E-state index contributed by atoms with van der Waals surface area (Å²) in [5.74, 6) is 0.321. The molecule has 0 fully saturated rings. The van der Waals surface area contributed by atoms with Gasteiger partial charge < -0.3 is 9.30 Å². The Hall–Kier alpha value is -2.21. The van der Waals surface area contributed by atoms with E-state index in [4.69, 9.17) is 4.74 Å². The van der Waals surface area contributed by atoms with Crippen LogP contribution >= 0.6 is 0 Å². The van der Waals surface area contributed by atoms with Crippen molar-refractivity contribution in [3.63, 3.8) is 0 Å². The molecule has 104 valence electrons. The molecule has 0 bridgehead atoms. The van der Waals surface area contributed by atoms with Crippen molar-refractivity contribution in [2.75, 3.05) is 11.9 Å². The van der Waals surface area contributed by atoms with Crippen LogP contribution in [-0.4, -0.2) is 27.3 Å². The second-order valence-electron chi connectivity index (χ2n) is 4.83. The van der Waals surface area contributed by atoms with Gasteiger partial charge in [-0.3, -0.25) is 10.1 Å². The Balaban J connectivity index is 1.70. The predicted octanol–water partition coefficient (Wildman–Crippen LogP) is 1.46. The van der Waals surface area contributed by atoms with Crippen molar-refractivity contribution in [3.8, 4) is 0 Å². The van der Waals surface area contributed by atoms with E-state index in [0.717, 1.165) is 12.0 Å². The Morgan fingerprint density at radius 3 is 3.15 bits per heavy atom. The number of benzene rings is 1. The maximum absolute atomic E-state index is 12.1. The van der Waals surface area contributed by atoms with Gasteiger partial charge in [-0.05, 0) is 17.5 Å². The van der Waals surface area contributed by atoms with E-state index in [-0.39, 0.29) is 18.4 Å². The quantitative estimate of drug-likeness (QED) is 0.918. The van der Waals surface area contributed by atoms with Gasteiger partial charge in [0.1, 0.15) is 6.33 Å². The zero-order valence-corrected chi connectivity index (χ0v) is 11.2. The molecule has 0 spiro atoms. The van der Waals surface area contributed by atoms with Crippen LogP contribution in [0, 0.1) is 0 Å². The number of amides is 1. The van der Waals surface area contributed by atoms with Crippen molar-refractivity contribution >= 4 is 11.9 Å². The van der Waals surface area contributed by atoms with Gasteiger partial charge in [0.15, 0.2) is 0 Å². The number of carbonyl (C=O) groups excluding carboxylic acids is 1. The molecule has 0 unspecified atom stereocenters. The van der Waals surface area contributed by atoms with Crippen molar-refractivity contribution in [3.05, 3.63) is 41.7 Å². The summed E-state index contributed by atoms with van der Waals surface area (Å²) in [7, 11) is 1.78. The number of carbonyl (C=O) groups is 1. The first kappa shape index (κ1) is 12.8. The van der Waals surface area contributed by atoms with Gasteiger partial charge >= 0.3 is 0 Å². The maximum atomic E-state index is 12.1. The number of rotatable bonds is 3. The molecule has 1 aromatic carbocycles. The molecule has 1 aromatic heterocycles. The standard InChI is InChI=1S/C14H16N4O2/c1-18-9-15-17-14(18)16-13(19)8-12-11-5-3-2-4-10(11)6-7-20-12/h2-5,9,12H,6-8H2,1H3,(H,16,17,19)/t12-/m0/s1. The van der Waals surface area contributed by atoms with Gasteiger partial charge in [0, 0.05) is 7.05 Å². The fraction of sp³-hybridized carbons (Fsp3) is 0.357. The van der Waals surface area contributed by atoms with E-state index in [2.05, 4.69) is 21.6 Å². The summed E-state index contributed by atoms with van der Waals surface area (Å²) < 4.78 is 7.38. The first-order valence-electron chi connectivity index (χ1n) is 6.57. The second-order valence-corrected chi connectivity index (χ2v) is 4.83. The van der Waals surface area contributed by atoms with Gasteiger partial charge in [-0.1, -0.05) is 24.3 Å². The molecule has 6 heteroatoms. The van der Waals surface area contributed by atoms with Crippen LogP contribution in [0.3, 0.4) is 0 Å². The van der Waals surface area contributed by atoms with Crippen molar-refractivity contribution in [2.45, 2.75) is 18.9 Å². The normalized spacial score (nSPS) is 17.6. The van der Waals surface area contributed by atoms with Crippen molar-refractivity contribution in [1.29, 1.82) is 0 Å². The van der Waals surface area contributed by atoms with Gasteiger partial charge in [0.25, 0.3) is 0 Å². The van der Waals surface area contributed by atoms with Gasteiger partial charge in [-0.2, -0.15) is 0 Å². The summed E-state index contributed by atoms with van der Waals surface area (Å²) >= 11 is 0. The van der Waals surface area contributed by atoms with Crippen LogP contribution in [0.25, 0.3) is 0 Å². The third kappa shape index (κ3) is 2.55. The molecule has 0 radical (unpaired) electrons. The molecule has 1 N–H and O–H groups in total. The summed E-state index contributed by atoms with van der Waals surface area (Å²) in [6.45, 7) is 0.652. The Morgan fingerprint density at radius 1 is 1.50 bits per heavy atom. The largest absolute Gasteiger partial charge is 0.373 e. The molecule has 2 heterocycles. The number of aromatic nitrogens is 3. The molecule has 3 rings (SSSR count). The molecule has 0 aliphatic carbocycles. The topological polar surface area (TPSA) is 69.0 Å². The molecule has 2 aromatic rings. The van der Waals surface area contributed by atoms with Crippen LogP contribution in [0.5, 0.6) is 0 Å². The Morgan fingerprint density at radius 2 is 2.35 bits per heavy atom. The molecule has 1 aliphatic rings. The second kappa shape index (κ2) is 5.42. The lowest BCUT2D eigenvalue weighted by molar-refractivity contribution is -0.119. The highest BCUT2D eigenvalue weighted by Gasteiger charge is 2.23. The third-order valence-electron chi connectivity index (χ3n) is 3.43. The van der Waals surface area contributed by atoms with E-state index in [0.29, 0.717) is 12.6 Å². The molecule has 1 atom stereocenters. The highest BCUT2D eigenvalue weighted by molar-refractivity contribution is 5.89. The van der Waals surface area contributed by atoms with Crippen LogP contribution < -0.4 is 5.32 Å². The minimum absolute atomic E-state index is 0.122. The monoisotopic (exact) mass is 272 g/mol. The predicted molar refractivity (Wildman–Crippen MR) is 73.1 cm³/mol. The van der Waals surface area contributed by atoms with Gasteiger partial charge in [0.2, 0.25) is 11.9 Å². The van der Waals surface area contributed by atoms with E-state index in [1.807, 2.05) is 18.2 Å². The SMILES string of the molecule is Cn1cnnc1NC(=O)C[C@@H]1OCCc2ccccc21. The molecule has 1 amide bonds. The van der Waals surface area contributed by atoms with Crippen molar-refractivity contribution < 1.29 is 9.53 Å². The number of hydrogen-bond acceptors (Lipinski definition) is 4. The lowest BCUT2D eigenvalue weighted by Gasteiger charge is -2.25. The third-order valence-corrected chi connectivity index (χ3v) is 3.43. The Bertz CT molecular complexity index is 623. The molecule has 6 nitrogen and oxygen atoms in total. The van der Waals surface area contributed by atoms with Crippen LogP contribution in [-0.2, 0) is 23.0 Å². The van der Waals surface area contributed by atoms with Crippen LogP contribution in [0.1, 0.15) is 23.7 Å². The van der Waals surface area contributed by atoms with Gasteiger partial charge in [-0.25, -0.2) is 0 Å². The zero-order valence-electron chi connectivity index (χ0n) is 11.2. The van der Waals surface area contributed by atoms with Crippen LogP contribution in [0.4, 0.5) is 5.95 Å². The molecule has 0 saturated heterocycles. The number of aryl methyl sites for hydroxylation is 1. The number of fused-ring (bicyclic) bond motifs is 1. The molecule has 20 heavy (non-hydrogen) atoms. The van der Waals surface area contributed by atoms with E-state index < -0.39 is 0 Å². The summed E-state index contributed by atoms with van der Waals surface area (Å²) in [6.07, 6.45) is 2.54. The molecular formula is C14H16N4O2. The number of ether oxygens (including phenoxy) is 1. The van der Waals surface area contributed by atoms with Crippen LogP contribution in [0.15, 0.2) is 30.6 Å². The average Bonchev–Trinajstić information content (AvgIpc) is 2.85. The van der Waals surface area contributed by atoms with E-state index in [9.17, 15) is 4.79 Å². The van der Waals surface area contributed by atoms with E-state index in [1.165, 1.54) is 5.56 Å². The van der Waals surface area contributed by atoms with E-state index in [1.54, 1.807) is 17.9 Å². The molecule has 0 saturated carbocycles. The zero-order chi connectivity index (χ0) is 13.9. The number of nitrogens with one attached hydrogen (secondary N) is 1. The number of anilines is 1. The number of nitrogens with zero attached hydrogens (tertiary/aromatic N) is 3. The number of hydrogen-bond donors (Lipinski definition) is 1. The molecular weight excluding hydrogens is 256 g/mol. The Kier molecular flexibility index (Phi) is 3.47. The summed E-state index contributed by atoms with van der Waals surface area (Å²) in [4.78, 5) is 12.1. The lowest BCUT2D eigenvalue weighted by atomic mass is 9.96. The summed E-state index contributed by atoms with van der Waals surface area (Å²) in [5.41, 5.74) is 2.36. The minimum Gasteiger partial charge on any atom is -0.373 e. The maximum Gasteiger partial charge on any atom is 0.230 e. The highest BCUT2D eigenvalue weighted by atomic mass is 16.5. The fourth-order valence-corrected chi connectivity index (χ4v) is 2.39. The van der Waals surface area contributed by atoms with Gasteiger partial charge in [-0.15, -0.1) is 10.2 Å². The minimum atomic E-state index is -0.187. The first-order valence-corrected chi connectivity index (χ1v) is 6.57. The van der Waals surface area contributed by atoms with Crippen LogP contribution in [0.2, 0.25) is 0 Å². The van der Waals surface area contributed by atoms with Crippen molar-refractivity contribution in [2.24, 2.45) is 7.05 Å². The summed E-state index contributed by atoms with van der Waals surface area (Å²) in [6, 6.07) is 8.10.